The number of allylic oxidation sites excluding steroid dienone is 2. The first-order chi connectivity index (χ1) is 11.4. The van der Waals surface area contributed by atoms with Gasteiger partial charge in [-0.25, -0.2) is 4.98 Å². The van der Waals surface area contributed by atoms with Crippen LogP contribution in [0.2, 0.25) is 0 Å². The van der Waals surface area contributed by atoms with Gasteiger partial charge in [-0.2, -0.15) is 5.10 Å². The molecule has 0 aliphatic carbocycles. The molecule has 0 atom stereocenters. The van der Waals surface area contributed by atoms with E-state index in [-0.39, 0.29) is 0 Å². The van der Waals surface area contributed by atoms with E-state index >= 15 is 0 Å². The molecule has 0 aliphatic heterocycles. The van der Waals surface area contributed by atoms with Crippen molar-refractivity contribution in [1.82, 2.24) is 19.7 Å². The van der Waals surface area contributed by atoms with Crippen molar-refractivity contribution in [2.45, 2.75) is 13.3 Å². The summed E-state index contributed by atoms with van der Waals surface area (Å²) in [5.41, 5.74) is 10.8. The lowest BCUT2D eigenvalue weighted by Gasteiger charge is -2.20. The molecule has 0 unspecified atom stereocenters. The van der Waals surface area contributed by atoms with Gasteiger partial charge in [0.05, 0.1) is 5.56 Å². The van der Waals surface area contributed by atoms with Gasteiger partial charge in [0.25, 0.3) is 0 Å². The summed E-state index contributed by atoms with van der Waals surface area (Å²) in [7, 11) is 7.86. The molecule has 0 bridgehead atoms. The fourth-order valence-corrected chi connectivity index (χ4v) is 2.57. The van der Waals surface area contributed by atoms with Gasteiger partial charge in [-0.05, 0) is 24.6 Å². The summed E-state index contributed by atoms with van der Waals surface area (Å²) in [6.45, 7) is 6.22. The summed E-state index contributed by atoms with van der Waals surface area (Å²) in [6, 6.07) is 3.76. The number of rotatable bonds is 6. The van der Waals surface area contributed by atoms with Crippen molar-refractivity contribution < 1.29 is 0 Å². The number of aromatic nitrogens is 3. The minimum Gasteiger partial charge on any atom is -0.384 e. The zero-order valence-electron chi connectivity index (χ0n) is 15.1. The zero-order chi connectivity index (χ0) is 17.9. The van der Waals surface area contributed by atoms with Crippen LogP contribution in [-0.4, -0.2) is 40.8 Å². The Morgan fingerprint density at radius 1 is 1.46 bits per heavy atom. The number of anilines is 2. The number of nitrogens with zero attached hydrogens (tertiary/aromatic N) is 4. The first kappa shape index (κ1) is 17.6. The van der Waals surface area contributed by atoms with Crippen molar-refractivity contribution in [3.8, 4) is 11.3 Å². The minimum absolute atomic E-state index is 0.475. The van der Waals surface area contributed by atoms with Gasteiger partial charge in [-0.15, -0.1) is 0 Å². The maximum Gasteiger partial charge on any atom is 0.133 e. The van der Waals surface area contributed by atoms with E-state index in [4.69, 9.17) is 10.8 Å². The average Bonchev–Trinajstić information content (AvgIpc) is 2.88. The Balaban J connectivity index is 2.75. The lowest BCUT2D eigenvalue weighted by Crippen LogP contribution is -2.12. The topological polar surface area (TPSA) is 72.0 Å². The number of aryl methyl sites for hydroxylation is 1. The highest BCUT2D eigenvalue weighted by Crippen LogP contribution is 2.35. The number of hydrogen-bond donors (Lipinski definition) is 2. The maximum absolute atomic E-state index is 5.86. The van der Waals surface area contributed by atoms with E-state index < -0.39 is 0 Å². The van der Waals surface area contributed by atoms with Crippen molar-refractivity contribution >= 4 is 17.3 Å². The molecule has 0 aromatic carbocycles. The molecule has 0 spiro atoms. The maximum atomic E-state index is 5.86. The molecule has 6 heteroatoms. The van der Waals surface area contributed by atoms with Crippen molar-refractivity contribution in [2.75, 3.05) is 32.2 Å². The van der Waals surface area contributed by atoms with E-state index in [1.54, 1.807) is 6.20 Å². The van der Waals surface area contributed by atoms with Crippen molar-refractivity contribution in [3.05, 3.63) is 42.1 Å². The van der Waals surface area contributed by atoms with Crippen molar-refractivity contribution in [1.29, 1.82) is 0 Å². The molecule has 3 N–H and O–H groups in total. The summed E-state index contributed by atoms with van der Waals surface area (Å²) in [6.07, 6.45) is 4.70. The number of nitrogens with one attached hydrogen (secondary N) is 1. The fraction of sp³-hybridized carbons (Fsp3) is 0.333. The predicted octanol–water partition coefficient (Wildman–Crippen LogP) is 2.97. The quantitative estimate of drug-likeness (QED) is 0.799. The van der Waals surface area contributed by atoms with E-state index in [0.717, 1.165) is 40.3 Å². The third-order valence-electron chi connectivity index (χ3n) is 3.87. The van der Waals surface area contributed by atoms with Crippen LogP contribution in [0.4, 0.5) is 11.6 Å². The van der Waals surface area contributed by atoms with Gasteiger partial charge in [0, 0.05) is 45.6 Å². The molecule has 24 heavy (non-hydrogen) atoms. The SMILES string of the molecule is C=C(/C=C(\c1c(-c2ccnc(N)c2)nn(C)c1NC)N(C)C)CC. The Bertz CT molecular complexity index is 770. The summed E-state index contributed by atoms with van der Waals surface area (Å²) in [5.74, 6) is 1.41. The Morgan fingerprint density at radius 3 is 2.71 bits per heavy atom. The monoisotopic (exact) mass is 326 g/mol. The van der Waals surface area contributed by atoms with E-state index in [1.165, 1.54) is 0 Å². The van der Waals surface area contributed by atoms with Crippen LogP contribution in [0.5, 0.6) is 0 Å². The molecular weight excluding hydrogens is 300 g/mol. The summed E-state index contributed by atoms with van der Waals surface area (Å²) < 4.78 is 1.84. The normalized spacial score (nSPS) is 11.5. The second-order valence-electron chi connectivity index (χ2n) is 5.85. The third-order valence-corrected chi connectivity index (χ3v) is 3.87. The highest BCUT2D eigenvalue weighted by atomic mass is 15.3. The second kappa shape index (κ2) is 7.21. The van der Waals surface area contributed by atoms with E-state index in [1.807, 2.05) is 45.0 Å². The Morgan fingerprint density at radius 2 is 2.17 bits per heavy atom. The Kier molecular flexibility index (Phi) is 5.28. The van der Waals surface area contributed by atoms with Crippen LogP contribution in [0, 0.1) is 0 Å². The van der Waals surface area contributed by atoms with Crippen molar-refractivity contribution in [3.63, 3.8) is 0 Å². The number of nitrogen functional groups attached to an aromatic ring is 1. The Hall–Kier alpha value is -2.76. The molecule has 0 saturated heterocycles. The van der Waals surface area contributed by atoms with Gasteiger partial charge in [-0.1, -0.05) is 19.1 Å². The van der Waals surface area contributed by atoms with E-state index in [2.05, 4.69) is 34.8 Å². The summed E-state index contributed by atoms with van der Waals surface area (Å²) in [4.78, 5) is 6.15. The first-order valence-corrected chi connectivity index (χ1v) is 7.92. The molecule has 0 aliphatic rings. The van der Waals surface area contributed by atoms with E-state index in [0.29, 0.717) is 5.82 Å². The lowest BCUT2D eigenvalue weighted by atomic mass is 10.0. The minimum atomic E-state index is 0.475. The molecule has 0 radical (unpaired) electrons. The summed E-state index contributed by atoms with van der Waals surface area (Å²) in [5, 5.41) is 7.95. The van der Waals surface area contributed by atoms with Crippen LogP contribution in [0.25, 0.3) is 17.0 Å². The van der Waals surface area contributed by atoms with Gasteiger partial charge in [-0.3, -0.25) is 4.68 Å². The molecule has 2 aromatic heterocycles. The van der Waals surface area contributed by atoms with Gasteiger partial charge in [0.2, 0.25) is 0 Å². The van der Waals surface area contributed by atoms with Crippen LogP contribution < -0.4 is 11.1 Å². The van der Waals surface area contributed by atoms with E-state index in [9.17, 15) is 0 Å². The molecule has 0 amide bonds. The molecule has 6 nitrogen and oxygen atoms in total. The predicted molar refractivity (Wildman–Crippen MR) is 101 cm³/mol. The van der Waals surface area contributed by atoms with Crippen LogP contribution in [0.1, 0.15) is 18.9 Å². The first-order valence-electron chi connectivity index (χ1n) is 7.92. The molecule has 0 saturated carbocycles. The van der Waals surface area contributed by atoms with Gasteiger partial charge in [0.15, 0.2) is 0 Å². The van der Waals surface area contributed by atoms with Gasteiger partial charge < -0.3 is 16.0 Å². The molecule has 0 fully saturated rings. The molecular formula is C18H26N6. The number of hydrogen-bond acceptors (Lipinski definition) is 5. The lowest BCUT2D eigenvalue weighted by molar-refractivity contribution is 0.591. The number of nitrogens with two attached hydrogens (primary N) is 1. The zero-order valence-corrected chi connectivity index (χ0v) is 15.1. The molecule has 2 rings (SSSR count). The standard InChI is InChI=1S/C18H26N6/c1-7-12(2)10-14(23(4)5)16-17(22-24(6)18(16)20-3)13-8-9-21-15(19)11-13/h8-11,20H,2,7H2,1,3-6H3,(H2,19,21)/b14-10+. The largest absolute Gasteiger partial charge is 0.384 e. The van der Waals surface area contributed by atoms with Gasteiger partial charge in [0.1, 0.15) is 17.3 Å². The molecule has 128 valence electrons. The smallest absolute Gasteiger partial charge is 0.133 e. The van der Waals surface area contributed by atoms with Crippen molar-refractivity contribution in [2.24, 2.45) is 7.05 Å². The van der Waals surface area contributed by atoms with Crippen LogP contribution >= 0.6 is 0 Å². The average molecular weight is 326 g/mol. The highest BCUT2D eigenvalue weighted by molar-refractivity contribution is 5.86. The molecule has 2 aromatic rings. The fourth-order valence-electron chi connectivity index (χ4n) is 2.57. The highest BCUT2D eigenvalue weighted by Gasteiger charge is 2.22. The van der Waals surface area contributed by atoms with Crippen LogP contribution in [0.3, 0.4) is 0 Å². The van der Waals surface area contributed by atoms with Crippen LogP contribution in [0.15, 0.2) is 36.6 Å². The summed E-state index contributed by atoms with van der Waals surface area (Å²) >= 11 is 0. The number of pyridine rings is 1. The van der Waals surface area contributed by atoms with Crippen LogP contribution in [-0.2, 0) is 7.05 Å². The second-order valence-corrected chi connectivity index (χ2v) is 5.85. The van der Waals surface area contributed by atoms with Gasteiger partial charge >= 0.3 is 0 Å². The molecule has 2 heterocycles. The third kappa shape index (κ3) is 3.42. The Labute approximate surface area is 143 Å².